The Labute approximate surface area is 240 Å². The average molecular weight is 581 g/mol. The number of nitrogens with one attached hydrogen (secondary N) is 2. The van der Waals surface area contributed by atoms with Crippen LogP contribution in [0.1, 0.15) is 23.5 Å². The summed E-state index contributed by atoms with van der Waals surface area (Å²) in [5.41, 5.74) is 2.06. The average Bonchev–Trinajstić information content (AvgIpc) is 3.54. The van der Waals surface area contributed by atoms with Crippen LogP contribution in [0.4, 0.5) is 11.4 Å². The third-order valence-electron chi connectivity index (χ3n) is 6.03. The van der Waals surface area contributed by atoms with E-state index < -0.39 is 0 Å². The zero-order valence-corrected chi connectivity index (χ0v) is 23.5. The molecule has 0 unspecified atom stereocenters. The van der Waals surface area contributed by atoms with Crippen LogP contribution in [-0.2, 0) is 9.53 Å². The summed E-state index contributed by atoms with van der Waals surface area (Å²) < 4.78 is 16.8. The molecule has 200 valence electrons. The smallest absolute Gasteiger partial charge is 0.250 e. The highest BCUT2D eigenvalue weighted by Crippen LogP contribution is 2.44. The SMILES string of the molecule is COCC(=O)Nc1cc(N2C(=S)N[C@H](c3ccccn3)[C@@H]2c2ccc(Sc3ccc(Cl)cc3)o2)ccc1OC. The number of hydrogen-bond donors (Lipinski definition) is 2. The molecule has 0 spiro atoms. The van der Waals surface area contributed by atoms with Gasteiger partial charge in [-0.15, -0.1) is 0 Å². The summed E-state index contributed by atoms with van der Waals surface area (Å²) in [5, 5.41) is 8.17. The van der Waals surface area contributed by atoms with Crippen LogP contribution in [0.25, 0.3) is 0 Å². The van der Waals surface area contributed by atoms with Gasteiger partial charge in [0.05, 0.1) is 24.5 Å². The van der Waals surface area contributed by atoms with E-state index in [0.717, 1.165) is 21.4 Å². The number of methoxy groups -OCH3 is 2. The minimum atomic E-state index is -0.358. The van der Waals surface area contributed by atoms with Crippen molar-refractivity contribution < 1.29 is 18.7 Å². The van der Waals surface area contributed by atoms with Crippen molar-refractivity contribution in [2.24, 2.45) is 0 Å². The monoisotopic (exact) mass is 580 g/mol. The Bertz CT molecular complexity index is 1470. The molecular weight excluding hydrogens is 556 g/mol. The Kier molecular flexibility index (Phi) is 8.37. The molecule has 2 atom stereocenters. The molecule has 3 heterocycles. The third-order valence-corrected chi connectivity index (χ3v) is 7.53. The molecule has 0 saturated carbocycles. The van der Waals surface area contributed by atoms with E-state index in [9.17, 15) is 4.79 Å². The number of amides is 1. The second-order valence-electron chi connectivity index (χ2n) is 8.58. The van der Waals surface area contributed by atoms with E-state index in [1.807, 2.05) is 71.6 Å². The highest BCUT2D eigenvalue weighted by Gasteiger charge is 2.42. The summed E-state index contributed by atoms with van der Waals surface area (Å²) in [6, 6.07) is 22.1. The van der Waals surface area contributed by atoms with Gasteiger partial charge in [-0.2, -0.15) is 0 Å². The fourth-order valence-electron chi connectivity index (χ4n) is 4.35. The van der Waals surface area contributed by atoms with Crippen molar-refractivity contribution in [3.63, 3.8) is 0 Å². The van der Waals surface area contributed by atoms with E-state index in [1.165, 1.54) is 18.9 Å². The Morgan fingerprint density at radius 3 is 2.69 bits per heavy atom. The number of benzene rings is 2. The molecule has 11 heteroatoms. The van der Waals surface area contributed by atoms with Crippen LogP contribution < -0.4 is 20.3 Å². The fraction of sp³-hybridized carbons (Fsp3) is 0.179. The molecule has 0 radical (unpaired) electrons. The standard InChI is InChI=1S/C28H25ClN4O4S2/c1-35-16-24(34)31-21-15-18(8-11-22(21)36-2)33-27(26(32-28(33)38)20-5-3-4-14-30-20)23-12-13-25(37-23)39-19-9-6-17(29)7-10-19/h3-15,26-27H,16H2,1-2H3,(H,31,34)(H,32,38)/t26-,27+/m1/s1. The van der Waals surface area contributed by atoms with Gasteiger partial charge >= 0.3 is 0 Å². The van der Waals surface area contributed by atoms with Crippen LogP contribution in [0.5, 0.6) is 5.75 Å². The molecule has 39 heavy (non-hydrogen) atoms. The molecule has 1 amide bonds. The van der Waals surface area contributed by atoms with Crippen LogP contribution in [0.15, 0.2) is 93.4 Å². The van der Waals surface area contributed by atoms with Gasteiger partial charge in [-0.1, -0.05) is 29.4 Å². The normalized spacial score (nSPS) is 16.7. The Balaban J connectivity index is 1.52. The second kappa shape index (κ2) is 12.1. The molecule has 8 nitrogen and oxygen atoms in total. The molecule has 5 rings (SSSR count). The predicted octanol–water partition coefficient (Wildman–Crippen LogP) is 6.25. The first kappa shape index (κ1) is 27.0. The van der Waals surface area contributed by atoms with Gasteiger partial charge in [0.15, 0.2) is 10.2 Å². The molecule has 1 aliphatic heterocycles. The van der Waals surface area contributed by atoms with Gasteiger partial charge < -0.3 is 29.4 Å². The topological polar surface area (TPSA) is 88.9 Å². The van der Waals surface area contributed by atoms with Crippen LogP contribution in [0, 0.1) is 0 Å². The number of furan rings is 1. The number of rotatable bonds is 9. The second-order valence-corrected chi connectivity index (χ2v) is 10.5. The quantitative estimate of drug-likeness (QED) is 0.223. The number of pyridine rings is 1. The van der Waals surface area contributed by atoms with Crippen molar-refractivity contribution in [2.45, 2.75) is 22.1 Å². The lowest BCUT2D eigenvalue weighted by molar-refractivity contribution is -0.119. The molecule has 2 N–H and O–H groups in total. The van der Waals surface area contributed by atoms with Gasteiger partial charge in [0.2, 0.25) is 5.91 Å². The maximum Gasteiger partial charge on any atom is 0.250 e. The number of halogens is 1. The minimum Gasteiger partial charge on any atom is -0.495 e. The zero-order valence-electron chi connectivity index (χ0n) is 21.1. The molecule has 1 saturated heterocycles. The van der Waals surface area contributed by atoms with E-state index >= 15 is 0 Å². The summed E-state index contributed by atoms with van der Waals surface area (Å²) in [6.07, 6.45) is 1.75. The number of carbonyl (C=O) groups is 1. The van der Waals surface area contributed by atoms with Crippen molar-refractivity contribution >= 4 is 58.0 Å². The van der Waals surface area contributed by atoms with E-state index in [2.05, 4.69) is 15.6 Å². The van der Waals surface area contributed by atoms with Crippen molar-refractivity contribution in [1.82, 2.24) is 10.3 Å². The van der Waals surface area contributed by atoms with E-state index in [1.54, 1.807) is 19.4 Å². The van der Waals surface area contributed by atoms with Gasteiger partial charge in [0.1, 0.15) is 24.2 Å². The predicted molar refractivity (Wildman–Crippen MR) is 156 cm³/mol. The summed E-state index contributed by atoms with van der Waals surface area (Å²) in [7, 11) is 3.01. The van der Waals surface area contributed by atoms with Gasteiger partial charge in [0, 0.05) is 28.9 Å². The lowest BCUT2D eigenvalue weighted by Crippen LogP contribution is -2.29. The molecule has 0 aliphatic carbocycles. The lowest BCUT2D eigenvalue weighted by atomic mass is 10.0. The van der Waals surface area contributed by atoms with Crippen molar-refractivity contribution in [2.75, 3.05) is 31.0 Å². The number of ether oxygens (including phenoxy) is 2. The Hall–Kier alpha value is -3.57. The minimum absolute atomic E-state index is 0.0815. The van der Waals surface area contributed by atoms with Gasteiger partial charge in [-0.05, 0) is 78.9 Å². The number of nitrogens with zero attached hydrogens (tertiary/aromatic N) is 2. The maximum atomic E-state index is 12.3. The highest BCUT2D eigenvalue weighted by molar-refractivity contribution is 7.99. The van der Waals surface area contributed by atoms with Crippen molar-refractivity contribution in [3.8, 4) is 5.75 Å². The van der Waals surface area contributed by atoms with E-state index in [4.69, 9.17) is 37.7 Å². The Morgan fingerprint density at radius 2 is 1.97 bits per heavy atom. The van der Waals surface area contributed by atoms with Gasteiger partial charge in [-0.3, -0.25) is 9.78 Å². The number of carbonyl (C=O) groups excluding carboxylic acids is 1. The molecule has 4 aromatic rings. The number of hydrogen-bond acceptors (Lipinski definition) is 7. The van der Waals surface area contributed by atoms with Crippen molar-refractivity contribution in [1.29, 1.82) is 0 Å². The summed E-state index contributed by atoms with van der Waals surface area (Å²) in [6.45, 7) is -0.0815. The van der Waals surface area contributed by atoms with Crippen LogP contribution in [0.2, 0.25) is 5.02 Å². The van der Waals surface area contributed by atoms with Crippen LogP contribution >= 0.6 is 35.6 Å². The first-order chi connectivity index (χ1) is 19.0. The maximum absolute atomic E-state index is 12.3. The van der Waals surface area contributed by atoms with Crippen LogP contribution in [0.3, 0.4) is 0 Å². The van der Waals surface area contributed by atoms with Crippen molar-refractivity contribution in [3.05, 3.63) is 95.5 Å². The Morgan fingerprint density at radius 1 is 1.15 bits per heavy atom. The summed E-state index contributed by atoms with van der Waals surface area (Å²) in [4.78, 5) is 19.9. The van der Waals surface area contributed by atoms with E-state index in [0.29, 0.717) is 27.3 Å². The van der Waals surface area contributed by atoms with Gasteiger partial charge in [0.25, 0.3) is 0 Å². The first-order valence-electron chi connectivity index (χ1n) is 12.0. The van der Waals surface area contributed by atoms with E-state index in [-0.39, 0.29) is 24.6 Å². The first-order valence-corrected chi connectivity index (χ1v) is 13.6. The summed E-state index contributed by atoms with van der Waals surface area (Å²) >= 11 is 13.4. The molecule has 1 aliphatic rings. The number of aromatic nitrogens is 1. The summed E-state index contributed by atoms with van der Waals surface area (Å²) in [5.74, 6) is 0.918. The third kappa shape index (κ3) is 6.04. The molecule has 1 fully saturated rings. The molecule has 0 bridgehead atoms. The fourth-order valence-corrected chi connectivity index (χ4v) is 5.60. The molecule has 2 aromatic carbocycles. The number of anilines is 2. The lowest BCUT2D eigenvalue weighted by Gasteiger charge is -2.27. The molecular formula is C28H25ClN4O4S2. The van der Waals surface area contributed by atoms with Gasteiger partial charge in [-0.25, -0.2) is 0 Å². The largest absolute Gasteiger partial charge is 0.495 e. The highest BCUT2D eigenvalue weighted by atomic mass is 35.5. The van der Waals surface area contributed by atoms with Crippen LogP contribution in [-0.4, -0.2) is 36.8 Å². The molecule has 2 aromatic heterocycles. The zero-order chi connectivity index (χ0) is 27.4. The number of thiocarbonyl (C=S) groups is 1.